The molecule has 0 spiro atoms. The highest BCUT2D eigenvalue weighted by Gasteiger charge is 2.45. The van der Waals surface area contributed by atoms with Crippen molar-refractivity contribution in [3.05, 3.63) is 23.5 Å². The van der Waals surface area contributed by atoms with E-state index in [9.17, 15) is 13.2 Å². The second-order valence-electron chi connectivity index (χ2n) is 5.61. The summed E-state index contributed by atoms with van der Waals surface area (Å²) in [5.41, 5.74) is 0.401. The first kappa shape index (κ1) is 16.8. The van der Waals surface area contributed by atoms with Gasteiger partial charge in [0.2, 0.25) is 0 Å². The highest BCUT2D eigenvalue weighted by atomic mass is 32.2. The number of amides is 1. The van der Waals surface area contributed by atoms with Gasteiger partial charge < -0.3 is 14.8 Å². The molecule has 0 saturated heterocycles. The molecule has 8 heteroatoms. The molecule has 0 aromatic rings. The maximum atomic E-state index is 11.8. The minimum Gasteiger partial charge on any atom is -0.501 e. The summed E-state index contributed by atoms with van der Waals surface area (Å²) in [6.45, 7) is 0.159. The predicted octanol–water partition coefficient (Wildman–Crippen LogP) is 1.47. The van der Waals surface area contributed by atoms with E-state index in [2.05, 4.69) is 5.32 Å². The van der Waals surface area contributed by atoms with Crippen molar-refractivity contribution in [1.82, 2.24) is 5.32 Å². The summed E-state index contributed by atoms with van der Waals surface area (Å²) >= 11 is 0. The SMILES string of the molecule is COC1=CC=C(COC(=O)NC2(COS(C)(=O)=O)CC2)CC1. The van der Waals surface area contributed by atoms with Crippen LogP contribution in [0.15, 0.2) is 23.5 Å². The first-order valence-corrected chi connectivity index (χ1v) is 8.85. The van der Waals surface area contributed by atoms with Crippen LogP contribution in [0.2, 0.25) is 0 Å². The molecule has 124 valence electrons. The largest absolute Gasteiger partial charge is 0.501 e. The van der Waals surface area contributed by atoms with Crippen molar-refractivity contribution in [3.63, 3.8) is 0 Å². The smallest absolute Gasteiger partial charge is 0.407 e. The van der Waals surface area contributed by atoms with Crippen molar-refractivity contribution in [3.8, 4) is 0 Å². The van der Waals surface area contributed by atoms with E-state index in [-0.39, 0.29) is 13.2 Å². The van der Waals surface area contributed by atoms with E-state index in [1.807, 2.05) is 12.2 Å². The third-order valence-electron chi connectivity index (χ3n) is 3.62. The molecule has 0 atom stereocenters. The standard InChI is InChI=1S/C14H21NO6S/c1-19-12-5-3-11(4-6-12)9-20-13(16)15-14(7-8-14)10-21-22(2,17)18/h3,5H,4,6-10H2,1-2H3,(H,15,16). The molecule has 7 nitrogen and oxygen atoms in total. The highest BCUT2D eigenvalue weighted by Crippen LogP contribution is 2.36. The molecule has 2 rings (SSSR count). The van der Waals surface area contributed by atoms with Gasteiger partial charge in [0.05, 0.1) is 31.3 Å². The summed E-state index contributed by atoms with van der Waals surface area (Å²) in [4.78, 5) is 11.8. The second-order valence-corrected chi connectivity index (χ2v) is 7.25. The Morgan fingerprint density at radius 2 is 2.05 bits per heavy atom. The molecule has 0 aromatic carbocycles. The number of hydrogen-bond acceptors (Lipinski definition) is 6. The Morgan fingerprint density at radius 3 is 2.55 bits per heavy atom. The van der Waals surface area contributed by atoms with Crippen LogP contribution < -0.4 is 5.32 Å². The monoisotopic (exact) mass is 331 g/mol. The van der Waals surface area contributed by atoms with Crippen molar-refractivity contribution in [2.75, 3.05) is 26.6 Å². The summed E-state index contributed by atoms with van der Waals surface area (Å²) in [7, 11) is -1.88. The van der Waals surface area contributed by atoms with Gasteiger partial charge in [-0.05, 0) is 30.9 Å². The average Bonchev–Trinajstić information content (AvgIpc) is 3.23. The van der Waals surface area contributed by atoms with Crippen LogP contribution in [0, 0.1) is 0 Å². The number of rotatable bonds is 7. The van der Waals surface area contributed by atoms with Gasteiger partial charge in [-0.15, -0.1) is 0 Å². The molecule has 0 heterocycles. The fourth-order valence-electron chi connectivity index (χ4n) is 2.04. The first-order valence-electron chi connectivity index (χ1n) is 7.04. The molecule has 0 bridgehead atoms. The van der Waals surface area contributed by atoms with Crippen LogP contribution in [0.25, 0.3) is 0 Å². The van der Waals surface area contributed by atoms with Crippen molar-refractivity contribution in [1.29, 1.82) is 0 Å². The van der Waals surface area contributed by atoms with Gasteiger partial charge in [-0.2, -0.15) is 8.42 Å². The van der Waals surface area contributed by atoms with Crippen LogP contribution in [-0.4, -0.2) is 46.6 Å². The Hall–Kier alpha value is -1.54. The molecule has 2 aliphatic rings. The molecule has 0 unspecified atom stereocenters. The molecule has 1 N–H and O–H groups in total. The van der Waals surface area contributed by atoms with Crippen LogP contribution in [0.3, 0.4) is 0 Å². The van der Waals surface area contributed by atoms with Gasteiger partial charge in [0.25, 0.3) is 10.1 Å². The predicted molar refractivity (Wildman–Crippen MR) is 79.7 cm³/mol. The zero-order valence-electron chi connectivity index (χ0n) is 12.8. The molecule has 22 heavy (non-hydrogen) atoms. The summed E-state index contributed by atoms with van der Waals surface area (Å²) in [5, 5.41) is 2.68. The Kier molecular flexibility index (Phi) is 5.12. The molecule has 0 aliphatic heterocycles. The summed E-state index contributed by atoms with van der Waals surface area (Å²) in [5.74, 6) is 0.906. The summed E-state index contributed by atoms with van der Waals surface area (Å²) < 4.78 is 37.0. The third kappa shape index (κ3) is 5.34. The quantitative estimate of drug-likeness (QED) is 0.711. The van der Waals surface area contributed by atoms with Crippen molar-refractivity contribution >= 4 is 16.2 Å². The minimum absolute atomic E-state index is 0.0520. The van der Waals surface area contributed by atoms with Crippen LogP contribution in [-0.2, 0) is 23.8 Å². The minimum atomic E-state index is -3.51. The fourth-order valence-corrected chi connectivity index (χ4v) is 2.48. The molecular weight excluding hydrogens is 310 g/mol. The van der Waals surface area contributed by atoms with E-state index in [0.29, 0.717) is 12.8 Å². The first-order chi connectivity index (χ1) is 10.3. The van der Waals surface area contributed by atoms with E-state index in [1.165, 1.54) is 0 Å². The number of carbonyl (C=O) groups excluding carboxylic acids is 1. The van der Waals surface area contributed by atoms with E-state index in [1.54, 1.807) is 7.11 Å². The zero-order chi connectivity index (χ0) is 16.2. The number of allylic oxidation sites excluding steroid dienone is 3. The Balaban J connectivity index is 1.74. The van der Waals surface area contributed by atoms with Crippen molar-refractivity contribution < 1.29 is 26.9 Å². The molecule has 1 saturated carbocycles. The Morgan fingerprint density at radius 1 is 1.32 bits per heavy atom. The maximum Gasteiger partial charge on any atom is 0.407 e. The average molecular weight is 331 g/mol. The lowest BCUT2D eigenvalue weighted by molar-refractivity contribution is 0.142. The van der Waals surface area contributed by atoms with Crippen molar-refractivity contribution in [2.24, 2.45) is 0 Å². The third-order valence-corrected chi connectivity index (χ3v) is 4.16. The van der Waals surface area contributed by atoms with Crippen LogP contribution in [0.1, 0.15) is 25.7 Å². The zero-order valence-corrected chi connectivity index (χ0v) is 13.6. The summed E-state index contributed by atoms with van der Waals surface area (Å²) in [6, 6.07) is 0. The fraction of sp³-hybridized carbons (Fsp3) is 0.643. The van der Waals surface area contributed by atoms with Gasteiger partial charge in [-0.25, -0.2) is 4.79 Å². The van der Waals surface area contributed by atoms with Crippen LogP contribution in [0.4, 0.5) is 4.79 Å². The Bertz CT molecular complexity index is 588. The molecule has 1 fully saturated rings. The van der Waals surface area contributed by atoms with Gasteiger partial charge in [0, 0.05) is 6.42 Å². The van der Waals surface area contributed by atoms with E-state index in [0.717, 1.165) is 30.4 Å². The number of ether oxygens (including phenoxy) is 2. The highest BCUT2D eigenvalue weighted by molar-refractivity contribution is 7.85. The van der Waals surface area contributed by atoms with Gasteiger partial charge in [-0.3, -0.25) is 4.18 Å². The lowest BCUT2D eigenvalue weighted by Crippen LogP contribution is -2.41. The van der Waals surface area contributed by atoms with Gasteiger partial charge in [0.1, 0.15) is 6.61 Å². The lowest BCUT2D eigenvalue weighted by atomic mass is 10.0. The molecule has 2 aliphatic carbocycles. The Labute approximate surface area is 130 Å². The topological polar surface area (TPSA) is 90.9 Å². The molecule has 1 amide bonds. The number of nitrogens with one attached hydrogen (secondary N) is 1. The number of carbonyl (C=O) groups is 1. The van der Waals surface area contributed by atoms with Crippen LogP contribution in [0.5, 0.6) is 0 Å². The number of alkyl carbamates (subject to hydrolysis) is 1. The van der Waals surface area contributed by atoms with Crippen molar-refractivity contribution in [2.45, 2.75) is 31.2 Å². The summed E-state index contributed by atoms with van der Waals surface area (Å²) in [6.07, 6.45) is 7.11. The normalized spacial score (nSPS) is 19.7. The number of methoxy groups -OCH3 is 1. The van der Waals surface area contributed by atoms with Gasteiger partial charge >= 0.3 is 6.09 Å². The van der Waals surface area contributed by atoms with Gasteiger partial charge in [-0.1, -0.05) is 6.08 Å². The second kappa shape index (κ2) is 6.70. The molecular formula is C14H21NO6S. The van der Waals surface area contributed by atoms with E-state index < -0.39 is 21.8 Å². The number of hydrogen-bond donors (Lipinski definition) is 1. The van der Waals surface area contributed by atoms with Crippen LogP contribution >= 0.6 is 0 Å². The lowest BCUT2D eigenvalue weighted by Gasteiger charge is -2.18. The van der Waals surface area contributed by atoms with E-state index >= 15 is 0 Å². The molecule has 0 radical (unpaired) electrons. The molecule has 0 aromatic heterocycles. The maximum absolute atomic E-state index is 11.8. The van der Waals surface area contributed by atoms with Gasteiger partial charge in [0.15, 0.2) is 0 Å². The van der Waals surface area contributed by atoms with E-state index in [4.69, 9.17) is 13.7 Å².